The summed E-state index contributed by atoms with van der Waals surface area (Å²) in [4.78, 5) is 32.6. The Balaban J connectivity index is 1.43. The first-order valence-electron chi connectivity index (χ1n) is 9.05. The number of carbonyl (C=O) groups is 2. The topological polar surface area (TPSA) is 117 Å². The van der Waals surface area contributed by atoms with Gasteiger partial charge < -0.3 is 30.6 Å². The highest BCUT2D eigenvalue weighted by Crippen LogP contribution is 2.29. The van der Waals surface area contributed by atoms with Crippen molar-refractivity contribution in [2.45, 2.75) is 0 Å². The number of carbonyl (C=O) groups excluding carboxylic acids is 2. The average Bonchev–Trinajstić information content (AvgIpc) is 3.07. The Hall–Kier alpha value is -2.59. The van der Waals surface area contributed by atoms with Gasteiger partial charge in [0.2, 0.25) is 5.91 Å². The quantitative estimate of drug-likeness (QED) is 0.627. The van der Waals surface area contributed by atoms with Gasteiger partial charge >= 0.3 is 0 Å². The molecule has 4 rings (SSSR count). The van der Waals surface area contributed by atoms with E-state index in [1.807, 2.05) is 28.0 Å². The van der Waals surface area contributed by atoms with Crippen molar-refractivity contribution in [3.8, 4) is 0 Å². The predicted octanol–water partition coefficient (Wildman–Crippen LogP) is 1.14. The Morgan fingerprint density at radius 2 is 2.21 bits per heavy atom. The number of piperazine rings is 1. The summed E-state index contributed by atoms with van der Waals surface area (Å²) < 4.78 is 5.60. The molecular formula is C18H21BrN6O3. The lowest BCUT2D eigenvalue weighted by Crippen LogP contribution is -2.55. The zero-order chi connectivity index (χ0) is 19.7. The van der Waals surface area contributed by atoms with E-state index in [0.29, 0.717) is 24.7 Å². The number of oxazole rings is 1. The monoisotopic (exact) mass is 448 g/mol. The molecule has 0 atom stereocenters. The number of benzene rings is 1. The van der Waals surface area contributed by atoms with Crippen molar-refractivity contribution in [2.75, 3.05) is 55.2 Å². The second kappa shape index (κ2) is 7.80. The normalized spacial score (nSPS) is 17.5. The van der Waals surface area contributed by atoms with Gasteiger partial charge in [0.1, 0.15) is 6.26 Å². The molecule has 3 heterocycles. The molecule has 28 heavy (non-hydrogen) atoms. The standard InChI is InChI=1S/C18H21BrN6O3/c19-13-2-1-12(5-14(13)22-17(27)15-10-28-18(20)23-15)24-3-4-25(16(26)9-24)8-11-6-21-7-11/h1-2,5,10-11,21H,3-4,6-9H2,(H2,20,23)(H,22,27). The molecule has 0 saturated carbocycles. The number of nitrogens with zero attached hydrogens (tertiary/aromatic N) is 3. The van der Waals surface area contributed by atoms with Gasteiger partial charge in [-0.2, -0.15) is 4.98 Å². The fourth-order valence-corrected chi connectivity index (χ4v) is 3.64. The maximum atomic E-state index is 12.5. The zero-order valence-electron chi connectivity index (χ0n) is 15.2. The summed E-state index contributed by atoms with van der Waals surface area (Å²) in [6.07, 6.45) is 1.21. The summed E-state index contributed by atoms with van der Waals surface area (Å²) in [7, 11) is 0. The molecule has 0 bridgehead atoms. The van der Waals surface area contributed by atoms with Crippen molar-refractivity contribution in [2.24, 2.45) is 5.92 Å². The van der Waals surface area contributed by atoms with Crippen LogP contribution < -0.4 is 21.3 Å². The lowest BCUT2D eigenvalue weighted by Gasteiger charge is -2.39. The van der Waals surface area contributed by atoms with Crippen molar-refractivity contribution in [3.63, 3.8) is 0 Å². The lowest BCUT2D eigenvalue weighted by molar-refractivity contribution is -0.131. The van der Waals surface area contributed by atoms with Crippen molar-refractivity contribution in [3.05, 3.63) is 34.6 Å². The molecule has 2 aromatic rings. The predicted molar refractivity (Wildman–Crippen MR) is 108 cm³/mol. The average molecular weight is 449 g/mol. The van der Waals surface area contributed by atoms with E-state index in [1.54, 1.807) is 0 Å². The molecule has 148 valence electrons. The fourth-order valence-electron chi connectivity index (χ4n) is 3.30. The largest absolute Gasteiger partial charge is 0.431 e. The van der Waals surface area contributed by atoms with Gasteiger partial charge in [-0.25, -0.2) is 0 Å². The summed E-state index contributed by atoms with van der Waals surface area (Å²) in [6, 6.07) is 5.54. The molecule has 1 aromatic heterocycles. The molecule has 1 aromatic carbocycles. The first-order valence-corrected chi connectivity index (χ1v) is 9.84. The number of hydrogen-bond donors (Lipinski definition) is 3. The third-order valence-electron chi connectivity index (χ3n) is 4.98. The minimum Gasteiger partial charge on any atom is -0.431 e. The Bertz CT molecular complexity index is 897. The van der Waals surface area contributed by atoms with Gasteiger partial charge in [-0.15, -0.1) is 0 Å². The van der Waals surface area contributed by atoms with Crippen LogP contribution in [-0.2, 0) is 4.79 Å². The van der Waals surface area contributed by atoms with Gasteiger partial charge in [0.15, 0.2) is 5.69 Å². The van der Waals surface area contributed by atoms with Crippen LogP contribution in [0.2, 0.25) is 0 Å². The highest BCUT2D eigenvalue weighted by atomic mass is 79.9. The maximum Gasteiger partial charge on any atom is 0.292 e. The lowest BCUT2D eigenvalue weighted by atomic mass is 10.0. The van der Waals surface area contributed by atoms with E-state index in [4.69, 9.17) is 10.2 Å². The maximum absolute atomic E-state index is 12.5. The summed E-state index contributed by atoms with van der Waals surface area (Å²) in [5.41, 5.74) is 6.97. The number of aromatic nitrogens is 1. The Morgan fingerprint density at radius 1 is 1.39 bits per heavy atom. The third kappa shape index (κ3) is 3.97. The van der Waals surface area contributed by atoms with E-state index in [9.17, 15) is 9.59 Å². The molecule has 2 fully saturated rings. The van der Waals surface area contributed by atoms with E-state index >= 15 is 0 Å². The van der Waals surface area contributed by atoms with Gasteiger partial charge in [-0.05, 0) is 34.1 Å². The highest BCUT2D eigenvalue weighted by molar-refractivity contribution is 9.10. The molecule has 0 unspecified atom stereocenters. The van der Waals surface area contributed by atoms with Gasteiger partial charge in [-0.3, -0.25) is 9.59 Å². The van der Waals surface area contributed by atoms with E-state index in [1.165, 1.54) is 6.26 Å². The highest BCUT2D eigenvalue weighted by Gasteiger charge is 2.28. The second-order valence-corrected chi connectivity index (χ2v) is 7.83. The van der Waals surface area contributed by atoms with E-state index < -0.39 is 5.91 Å². The van der Waals surface area contributed by atoms with Crippen LogP contribution >= 0.6 is 15.9 Å². The number of anilines is 3. The van der Waals surface area contributed by atoms with Gasteiger partial charge in [0.25, 0.3) is 11.9 Å². The second-order valence-electron chi connectivity index (χ2n) is 6.97. The summed E-state index contributed by atoms with van der Waals surface area (Å²) >= 11 is 3.44. The molecular weight excluding hydrogens is 428 g/mol. The zero-order valence-corrected chi connectivity index (χ0v) is 16.7. The number of hydrogen-bond acceptors (Lipinski definition) is 7. The first kappa shape index (κ1) is 18.8. The van der Waals surface area contributed by atoms with E-state index in [-0.39, 0.29) is 17.6 Å². The summed E-state index contributed by atoms with van der Waals surface area (Å²) in [6.45, 7) is 4.57. The number of halogens is 1. The molecule has 0 radical (unpaired) electrons. The van der Waals surface area contributed by atoms with Crippen molar-refractivity contribution in [1.29, 1.82) is 0 Å². The van der Waals surface area contributed by atoms with Crippen molar-refractivity contribution >= 4 is 45.1 Å². The molecule has 2 aliphatic rings. The minimum atomic E-state index is -0.423. The molecule has 9 nitrogen and oxygen atoms in total. The van der Waals surface area contributed by atoms with Crippen molar-refractivity contribution < 1.29 is 14.0 Å². The molecule has 2 amide bonds. The first-order chi connectivity index (χ1) is 13.5. The fraction of sp³-hybridized carbons (Fsp3) is 0.389. The summed E-state index contributed by atoms with van der Waals surface area (Å²) in [5.74, 6) is 0.272. The van der Waals surface area contributed by atoms with Crippen LogP contribution in [-0.4, -0.2) is 61.0 Å². The molecule has 0 aliphatic carbocycles. The van der Waals surface area contributed by atoms with Crippen LogP contribution in [0.1, 0.15) is 10.5 Å². The van der Waals surface area contributed by atoms with Gasteiger partial charge in [-0.1, -0.05) is 0 Å². The molecule has 2 aliphatic heterocycles. The Kier molecular flexibility index (Phi) is 5.23. The van der Waals surface area contributed by atoms with Crippen LogP contribution in [0.3, 0.4) is 0 Å². The van der Waals surface area contributed by atoms with Crippen LogP contribution in [0.4, 0.5) is 17.4 Å². The number of nitrogens with two attached hydrogens (primary N) is 1. The minimum absolute atomic E-state index is 0.0629. The van der Waals surface area contributed by atoms with Crippen LogP contribution in [0.15, 0.2) is 33.4 Å². The summed E-state index contributed by atoms with van der Waals surface area (Å²) in [5, 5.41) is 6.02. The van der Waals surface area contributed by atoms with Crippen LogP contribution in [0.25, 0.3) is 0 Å². The number of nitrogen functional groups attached to an aromatic ring is 1. The Morgan fingerprint density at radius 3 is 2.86 bits per heavy atom. The number of amides is 2. The van der Waals surface area contributed by atoms with E-state index in [0.717, 1.165) is 36.3 Å². The van der Waals surface area contributed by atoms with Crippen LogP contribution in [0, 0.1) is 5.92 Å². The smallest absolute Gasteiger partial charge is 0.292 e. The van der Waals surface area contributed by atoms with Gasteiger partial charge in [0, 0.05) is 48.8 Å². The number of rotatable bonds is 5. The number of nitrogens with one attached hydrogen (secondary N) is 2. The molecule has 10 heteroatoms. The molecule has 0 spiro atoms. The van der Waals surface area contributed by atoms with E-state index in [2.05, 4.69) is 31.5 Å². The third-order valence-corrected chi connectivity index (χ3v) is 5.67. The molecule has 2 saturated heterocycles. The SMILES string of the molecule is Nc1nc(C(=O)Nc2cc(N3CCN(CC4CNC4)C(=O)C3)ccc2Br)co1. The molecule has 4 N–H and O–H groups in total. The van der Waals surface area contributed by atoms with Crippen LogP contribution in [0.5, 0.6) is 0 Å². The van der Waals surface area contributed by atoms with Crippen molar-refractivity contribution in [1.82, 2.24) is 15.2 Å². The Labute approximate surface area is 170 Å². The van der Waals surface area contributed by atoms with Gasteiger partial charge in [0.05, 0.1) is 12.2 Å².